The maximum Gasteiger partial charge on any atom is 0.417 e. The van der Waals surface area contributed by atoms with Gasteiger partial charge in [-0.05, 0) is 157 Å². The number of likely N-dealkylation sites (tertiary alicyclic amines) is 4. The van der Waals surface area contributed by atoms with Crippen molar-refractivity contribution in [1.29, 1.82) is 0 Å². The molecule has 0 saturated carbocycles. The summed E-state index contributed by atoms with van der Waals surface area (Å²) in [7, 11) is 0. The number of carbonyl (C=O) groups excluding carboxylic acids is 2. The van der Waals surface area contributed by atoms with Gasteiger partial charge in [-0.3, -0.25) is 38.7 Å². The molecule has 2 aromatic carbocycles. The summed E-state index contributed by atoms with van der Waals surface area (Å²) < 4.78 is 93.4. The van der Waals surface area contributed by atoms with E-state index in [1.165, 1.54) is 34.4 Å². The second-order valence-corrected chi connectivity index (χ2v) is 21.7. The van der Waals surface area contributed by atoms with E-state index in [-0.39, 0.29) is 59.5 Å². The van der Waals surface area contributed by atoms with Gasteiger partial charge in [-0.1, -0.05) is 12.1 Å². The van der Waals surface area contributed by atoms with Gasteiger partial charge in [-0.25, -0.2) is 0 Å². The van der Waals surface area contributed by atoms with Crippen molar-refractivity contribution in [2.24, 2.45) is 0 Å². The molecule has 4 saturated heterocycles. The molecule has 14 nitrogen and oxygen atoms in total. The second kappa shape index (κ2) is 23.1. The number of hydrogen-bond donors (Lipinski definition) is 0. The maximum atomic E-state index is 13.0. The predicted octanol–water partition coefficient (Wildman–Crippen LogP) is 11.0. The van der Waals surface area contributed by atoms with Crippen molar-refractivity contribution in [3.05, 3.63) is 152 Å². The Kier molecular flexibility index (Phi) is 16.7. The zero-order valence-electron chi connectivity index (χ0n) is 46.3. The van der Waals surface area contributed by atoms with Crippen molar-refractivity contribution >= 4 is 11.8 Å². The lowest BCUT2D eigenvalue weighted by atomic mass is 9.96. The Labute approximate surface area is 457 Å². The van der Waals surface area contributed by atoms with E-state index in [0.29, 0.717) is 26.3 Å². The highest BCUT2D eigenvalue weighted by Gasteiger charge is 2.49. The van der Waals surface area contributed by atoms with Gasteiger partial charge >= 0.3 is 12.4 Å². The molecular formula is C59H70F6N10O4. The quantitative estimate of drug-likeness (QED) is 0.0683. The third-order valence-corrected chi connectivity index (χ3v) is 16.6. The standard InChI is InChI=1S/C30H36F3N5O2.C29H34F3N5O2/c1-18-13-19(2)38(35-18)11-6-12-40-28-10-8-26(20(3)21(28)4)22(5)36-16-25-14-24(36)17-37(25)29(39)27-9-7-23(15-34-27)30(31,32)33;1-18-10-12-35(34-18)11-5-13-39-27-9-7-25(19(2)20(27)3)21(4)36-16-24-14-23(36)17-37(24)28(38)26-8-6-22(15-33-26)29(30,31)32/h7-10,13,15,22,24-25H,6,11-12,14,16-17H2,1-5H3;6-10,12,15,21,23-24H,5,11,13-14,16-17H2,1-4H3/t22-,24-,25-;21-,23-,24-/m00/s1. The van der Waals surface area contributed by atoms with Crippen molar-refractivity contribution in [2.45, 2.75) is 150 Å². The summed E-state index contributed by atoms with van der Waals surface area (Å²) in [5.41, 5.74) is 8.72. The summed E-state index contributed by atoms with van der Waals surface area (Å²) in [6, 6.07) is 17.4. The van der Waals surface area contributed by atoms with Gasteiger partial charge in [0.25, 0.3) is 11.8 Å². The van der Waals surface area contributed by atoms with E-state index in [2.05, 4.69) is 103 Å². The Hall–Kier alpha value is -6.80. The third kappa shape index (κ3) is 12.3. The molecule has 2 amide bonds. The Bertz CT molecular complexity index is 3140. The van der Waals surface area contributed by atoms with Gasteiger partial charge in [0.15, 0.2) is 0 Å². The number of alkyl halides is 6. The van der Waals surface area contributed by atoms with E-state index in [1.54, 1.807) is 9.80 Å². The van der Waals surface area contributed by atoms with Crippen LogP contribution in [0.15, 0.2) is 79.3 Å². The van der Waals surface area contributed by atoms with Gasteiger partial charge in [0, 0.05) is 113 Å². The molecule has 4 fully saturated rings. The zero-order valence-corrected chi connectivity index (χ0v) is 46.3. The van der Waals surface area contributed by atoms with E-state index >= 15 is 0 Å². The fourth-order valence-corrected chi connectivity index (χ4v) is 12.0. The third-order valence-electron chi connectivity index (χ3n) is 16.6. The van der Waals surface area contributed by atoms with Crippen LogP contribution in [0.25, 0.3) is 0 Å². The topological polar surface area (TPSA) is 127 Å². The number of nitrogens with zero attached hydrogens (tertiary/aromatic N) is 10. The van der Waals surface area contributed by atoms with Crippen LogP contribution in [0.3, 0.4) is 0 Å². The lowest BCUT2D eigenvalue weighted by molar-refractivity contribution is -0.138. The van der Waals surface area contributed by atoms with Gasteiger partial charge < -0.3 is 19.3 Å². The van der Waals surface area contributed by atoms with Crippen LogP contribution in [0.1, 0.15) is 134 Å². The number of amides is 2. The number of carbonyl (C=O) groups is 2. The van der Waals surface area contributed by atoms with Crippen LogP contribution >= 0.6 is 0 Å². The highest BCUT2D eigenvalue weighted by molar-refractivity contribution is 5.93. The molecule has 79 heavy (non-hydrogen) atoms. The van der Waals surface area contributed by atoms with Crippen LogP contribution in [-0.4, -0.2) is 125 Å². The highest BCUT2D eigenvalue weighted by Crippen LogP contribution is 2.42. The number of hydrogen-bond acceptors (Lipinski definition) is 10. The van der Waals surface area contributed by atoms with E-state index in [4.69, 9.17) is 9.47 Å². The number of piperazine rings is 2. The van der Waals surface area contributed by atoms with Crippen molar-refractivity contribution in [3.63, 3.8) is 0 Å². The van der Waals surface area contributed by atoms with Crippen molar-refractivity contribution in [1.82, 2.24) is 49.1 Å². The highest BCUT2D eigenvalue weighted by atomic mass is 19.4. The van der Waals surface area contributed by atoms with Gasteiger partial charge in [-0.2, -0.15) is 36.5 Å². The summed E-state index contributed by atoms with van der Waals surface area (Å²) in [6.07, 6.45) is -2.07. The normalized spacial score (nSPS) is 19.9. The first kappa shape index (κ1) is 56.9. The molecule has 4 aromatic heterocycles. The monoisotopic (exact) mass is 1100 g/mol. The van der Waals surface area contributed by atoms with Gasteiger partial charge in [-0.15, -0.1) is 0 Å². The van der Waals surface area contributed by atoms with Crippen LogP contribution < -0.4 is 9.47 Å². The summed E-state index contributed by atoms with van der Waals surface area (Å²) in [5, 5.41) is 8.91. The minimum Gasteiger partial charge on any atom is -0.493 e. The van der Waals surface area contributed by atoms with Crippen LogP contribution in [0.2, 0.25) is 0 Å². The first-order chi connectivity index (χ1) is 37.5. The fraction of sp³-hybridized carbons (Fsp3) is 0.492. The minimum absolute atomic E-state index is 0.0234. The Balaban J connectivity index is 0.000000192. The smallest absolute Gasteiger partial charge is 0.417 e. The molecule has 0 aliphatic carbocycles. The first-order valence-corrected chi connectivity index (χ1v) is 27.1. The molecule has 0 radical (unpaired) electrons. The summed E-state index contributed by atoms with van der Waals surface area (Å²) >= 11 is 0. The largest absolute Gasteiger partial charge is 0.493 e. The van der Waals surface area contributed by atoms with Gasteiger partial charge in [0.2, 0.25) is 0 Å². The number of ether oxygens (including phenoxy) is 2. The van der Waals surface area contributed by atoms with Crippen molar-refractivity contribution in [2.75, 3.05) is 39.4 Å². The van der Waals surface area contributed by atoms with Crippen LogP contribution in [0, 0.1) is 48.5 Å². The molecule has 4 bridgehead atoms. The lowest BCUT2D eigenvalue weighted by Gasteiger charge is -2.38. The summed E-state index contributed by atoms with van der Waals surface area (Å²) in [5.74, 6) is 1.18. The van der Waals surface area contributed by atoms with Gasteiger partial charge in [0.1, 0.15) is 22.9 Å². The first-order valence-electron chi connectivity index (χ1n) is 27.1. The SMILES string of the molecule is Cc1cc(C)n(CCCOc2ccc([C@H](C)N3C[C@@H]4C[C@H]3CN4C(=O)c3ccc(C(F)(F)F)cn3)c(C)c2C)n1.Cc1ccn(CCCOc2ccc([C@H](C)N3C[C@@H]4C[C@H]3CN4C(=O)c3ccc(C(F)(F)F)cn3)c(C)c2C)n1. The Morgan fingerprint density at radius 1 is 0.570 bits per heavy atom. The number of fused-ring (bicyclic) bond motifs is 4. The van der Waals surface area contributed by atoms with E-state index in [1.807, 2.05) is 41.5 Å². The maximum absolute atomic E-state index is 13.0. The average Bonchev–Trinajstić information content (AvgIpc) is 4.35. The number of aryl methyl sites for hydroxylation is 5. The summed E-state index contributed by atoms with van der Waals surface area (Å²) in [4.78, 5) is 42.1. The predicted molar refractivity (Wildman–Crippen MR) is 286 cm³/mol. The van der Waals surface area contributed by atoms with Crippen LogP contribution in [-0.2, 0) is 25.4 Å². The number of aromatic nitrogens is 6. The van der Waals surface area contributed by atoms with E-state index in [9.17, 15) is 35.9 Å². The van der Waals surface area contributed by atoms with Crippen LogP contribution in [0.5, 0.6) is 11.5 Å². The second-order valence-electron chi connectivity index (χ2n) is 21.7. The number of pyridine rings is 2. The molecule has 6 atom stereocenters. The molecule has 20 heteroatoms. The summed E-state index contributed by atoms with van der Waals surface area (Å²) in [6.45, 7) is 24.3. The number of rotatable bonds is 16. The average molecular weight is 1100 g/mol. The Morgan fingerprint density at radius 2 is 1.04 bits per heavy atom. The van der Waals surface area contributed by atoms with Crippen molar-refractivity contribution in [3.8, 4) is 11.5 Å². The molecule has 422 valence electrons. The Morgan fingerprint density at radius 3 is 1.41 bits per heavy atom. The van der Waals surface area contributed by atoms with E-state index < -0.39 is 23.5 Å². The molecule has 0 unspecified atom stereocenters. The molecule has 6 aromatic rings. The molecule has 10 rings (SSSR count). The van der Waals surface area contributed by atoms with Crippen LogP contribution in [0.4, 0.5) is 26.3 Å². The number of benzene rings is 2. The fourth-order valence-electron chi connectivity index (χ4n) is 12.0. The molecular weight excluding hydrogens is 1030 g/mol. The molecule has 4 aliphatic heterocycles. The lowest BCUT2D eigenvalue weighted by Crippen LogP contribution is -2.49. The van der Waals surface area contributed by atoms with Gasteiger partial charge in [0.05, 0.1) is 35.7 Å². The molecule has 0 spiro atoms. The molecule has 0 N–H and O–H groups in total. The minimum atomic E-state index is -4.47. The molecule has 4 aliphatic rings. The molecule has 8 heterocycles. The van der Waals surface area contributed by atoms with E-state index in [0.717, 1.165) is 116 Å². The zero-order chi connectivity index (χ0) is 56.7. The number of halogens is 6. The van der Waals surface area contributed by atoms with Crippen molar-refractivity contribution < 1.29 is 45.4 Å².